The fourth-order valence-corrected chi connectivity index (χ4v) is 3.64. The molecule has 0 bridgehead atoms. The fourth-order valence-electron chi connectivity index (χ4n) is 2.36. The van der Waals surface area contributed by atoms with Gasteiger partial charge in [0, 0.05) is 21.8 Å². The molecule has 3 rings (SSSR count). The van der Waals surface area contributed by atoms with Gasteiger partial charge in [0.25, 0.3) is 0 Å². The third kappa shape index (κ3) is 2.26. The van der Waals surface area contributed by atoms with Gasteiger partial charge in [-0.2, -0.15) is 0 Å². The molecule has 0 spiro atoms. The summed E-state index contributed by atoms with van der Waals surface area (Å²) in [7, 11) is 0. The SMILES string of the molecule is BrCC1=C(CBr)c2ccccc2Oc2ccccc21. The molecule has 2 aromatic rings. The minimum absolute atomic E-state index is 0.808. The molecule has 2 aromatic carbocycles. The number of benzene rings is 2. The van der Waals surface area contributed by atoms with Crippen molar-refractivity contribution in [2.45, 2.75) is 0 Å². The van der Waals surface area contributed by atoms with Gasteiger partial charge in [-0.3, -0.25) is 0 Å². The minimum atomic E-state index is 0.808. The van der Waals surface area contributed by atoms with Crippen molar-refractivity contribution in [1.82, 2.24) is 0 Å². The first-order valence-corrected chi connectivity index (χ1v) is 8.30. The lowest BCUT2D eigenvalue weighted by Crippen LogP contribution is -1.93. The van der Waals surface area contributed by atoms with Gasteiger partial charge in [0.15, 0.2) is 0 Å². The molecule has 3 heteroatoms. The molecule has 1 nitrogen and oxygen atoms in total. The Morgan fingerprint density at radius 1 is 0.684 bits per heavy atom. The van der Waals surface area contributed by atoms with Crippen LogP contribution >= 0.6 is 31.9 Å². The predicted molar refractivity (Wildman–Crippen MR) is 87.4 cm³/mol. The van der Waals surface area contributed by atoms with Crippen molar-refractivity contribution in [3.63, 3.8) is 0 Å². The summed E-state index contributed by atoms with van der Waals surface area (Å²) in [6.07, 6.45) is 0. The molecule has 1 aliphatic rings. The van der Waals surface area contributed by atoms with E-state index in [0.29, 0.717) is 0 Å². The van der Waals surface area contributed by atoms with Gasteiger partial charge in [-0.1, -0.05) is 68.3 Å². The molecule has 0 aromatic heterocycles. The largest absolute Gasteiger partial charge is 0.456 e. The summed E-state index contributed by atoms with van der Waals surface area (Å²) >= 11 is 7.23. The average molecular weight is 380 g/mol. The molecule has 1 aliphatic heterocycles. The van der Waals surface area contributed by atoms with E-state index in [1.165, 1.54) is 11.1 Å². The lowest BCUT2D eigenvalue weighted by molar-refractivity contribution is 0.481. The maximum Gasteiger partial charge on any atom is 0.134 e. The molecule has 0 amide bonds. The van der Waals surface area contributed by atoms with Gasteiger partial charge in [0.05, 0.1) is 0 Å². The highest BCUT2D eigenvalue weighted by Gasteiger charge is 2.21. The van der Waals surface area contributed by atoms with E-state index < -0.39 is 0 Å². The summed E-state index contributed by atoms with van der Waals surface area (Å²) in [6, 6.07) is 16.4. The second-order valence-electron chi connectivity index (χ2n) is 4.32. The van der Waals surface area contributed by atoms with E-state index in [1.54, 1.807) is 0 Å². The van der Waals surface area contributed by atoms with E-state index in [-0.39, 0.29) is 0 Å². The number of rotatable bonds is 2. The predicted octanol–water partition coefficient (Wildman–Crippen LogP) is 5.49. The van der Waals surface area contributed by atoms with Crippen LogP contribution in [-0.4, -0.2) is 10.7 Å². The molecular formula is C16H12Br2O. The van der Waals surface area contributed by atoms with Crippen LogP contribution in [0.5, 0.6) is 11.5 Å². The Labute approximate surface area is 129 Å². The number of alkyl halides is 2. The number of hydrogen-bond acceptors (Lipinski definition) is 1. The van der Waals surface area contributed by atoms with Crippen molar-refractivity contribution in [2.75, 3.05) is 10.7 Å². The molecule has 0 atom stereocenters. The monoisotopic (exact) mass is 378 g/mol. The van der Waals surface area contributed by atoms with Crippen LogP contribution in [-0.2, 0) is 0 Å². The summed E-state index contributed by atoms with van der Waals surface area (Å²) in [5.41, 5.74) is 4.87. The van der Waals surface area contributed by atoms with Crippen molar-refractivity contribution >= 4 is 43.0 Å². The number of ether oxygens (including phenoxy) is 1. The Kier molecular flexibility index (Phi) is 3.76. The molecular weight excluding hydrogens is 368 g/mol. The highest BCUT2D eigenvalue weighted by molar-refractivity contribution is 9.09. The van der Waals surface area contributed by atoms with Gasteiger partial charge in [-0.15, -0.1) is 0 Å². The topological polar surface area (TPSA) is 9.23 Å². The van der Waals surface area contributed by atoms with Gasteiger partial charge in [-0.25, -0.2) is 0 Å². The van der Waals surface area contributed by atoms with Crippen LogP contribution in [0.3, 0.4) is 0 Å². The minimum Gasteiger partial charge on any atom is -0.456 e. The maximum atomic E-state index is 6.08. The van der Waals surface area contributed by atoms with Crippen molar-refractivity contribution < 1.29 is 4.74 Å². The maximum absolute atomic E-state index is 6.08. The normalized spacial score (nSPS) is 13.4. The average Bonchev–Trinajstić information content (AvgIpc) is 2.60. The summed E-state index contributed by atoms with van der Waals surface area (Å²) in [5.74, 6) is 1.83. The van der Waals surface area contributed by atoms with Crippen LogP contribution in [0.25, 0.3) is 11.1 Å². The summed E-state index contributed by atoms with van der Waals surface area (Å²) in [4.78, 5) is 0. The van der Waals surface area contributed by atoms with Crippen LogP contribution < -0.4 is 4.74 Å². The van der Waals surface area contributed by atoms with Gasteiger partial charge >= 0.3 is 0 Å². The number of halogens is 2. The molecule has 0 radical (unpaired) electrons. The van der Waals surface area contributed by atoms with E-state index in [9.17, 15) is 0 Å². The first-order valence-electron chi connectivity index (χ1n) is 6.05. The molecule has 0 aliphatic carbocycles. The molecule has 0 unspecified atom stereocenters. The first kappa shape index (κ1) is 12.9. The second kappa shape index (κ2) is 5.51. The van der Waals surface area contributed by atoms with Crippen LogP contribution in [0.15, 0.2) is 48.5 Å². The molecule has 0 fully saturated rings. The third-order valence-electron chi connectivity index (χ3n) is 3.28. The summed E-state index contributed by atoms with van der Waals surface area (Å²) < 4.78 is 6.08. The zero-order chi connectivity index (χ0) is 13.2. The van der Waals surface area contributed by atoms with E-state index in [0.717, 1.165) is 33.3 Å². The molecule has 0 saturated heterocycles. The lowest BCUT2D eigenvalue weighted by Gasteiger charge is -2.10. The summed E-state index contributed by atoms with van der Waals surface area (Å²) in [5, 5.41) is 1.62. The van der Waals surface area contributed by atoms with Crippen LogP contribution in [0.1, 0.15) is 11.1 Å². The Hall–Kier alpha value is -1.06. The van der Waals surface area contributed by atoms with E-state index in [2.05, 4.69) is 44.0 Å². The molecule has 1 heterocycles. The van der Waals surface area contributed by atoms with Gasteiger partial charge in [0.1, 0.15) is 11.5 Å². The number of hydrogen-bond donors (Lipinski definition) is 0. The number of allylic oxidation sites excluding steroid dienone is 2. The van der Waals surface area contributed by atoms with Crippen molar-refractivity contribution in [2.24, 2.45) is 0 Å². The molecule has 0 N–H and O–H groups in total. The molecule has 0 saturated carbocycles. The Bertz CT molecular complexity index is 591. The molecule has 96 valence electrons. The second-order valence-corrected chi connectivity index (χ2v) is 5.44. The number of para-hydroxylation sites is 2. The van der Waals surface area contributed by atoms with Gasteiger partial charge in [0.2, 0.25) is 0 Å². The van der Waals surface area contributed by atoms with Crippen LogP contribution in [0.2, 0.25) is 0 Å². The Morgan fingerprint density at radius 2 is 1.11 bits per heavy atom. The molecule has 19 heavy (non-hydrogen) atoms. The van der Waals surface area contributed by atoms with Crippen LogP contribution in [0, 0.1) is 0 Å². The standard InChI is InChI=1S/C16H12Br2O/c17-9-13-11-5-1-3-7-15(11)19-16-8-4-2-6-12(16)14(13)10-18/h1-8H,9-10H2. The first-order chi connectivity index (χ1) is 9.35. The fraction of sp³-hybridized carbons (Fsp3) is 0.125. The Balaban J connectivity index is 2.34. The van der Waals surface area contributed by atoms with E-state index >= 15 is 0 Å². The Morgan fingerprint density at radius 3 is 1.53 bits per heavy atom. The number of fused-ring (bicyclic) bond motifs is 2. The highest BCUT2D eigenvalue weighted by atomic mass is 79.9. The van der Waals surface area contributed by atoms with Crippen LogP contribution in [0.4, 0.5) is 0 Å². The zero-order valence-corrected chi connectivity index (χ0v) is 13.4. The van der Waals surface area contributed by atoms with Gasteiger partial charge < -0.3 is 4.74 Å². The van der Waals surface area contributed by atoms with E-state index in [1.807, 2.05) is 36.4 Å². The highest BCUT2D eigenvalue weighted by Crippen LogP contribution is 2.43. The van der Waals surface area contributed by atoms with Crippen molar-refractivity contribution in [3.8, 4) is 11.5 Å². The smallest absolute Gasteiger partial charge is 0.134 e. The van der Waals surface area contributed by atoms with E-state index in [4.69, 9.17) is 4.74 Å². The lowest BCUT2D eigenvalue weighted by atomic mass is 9.97. The van der Waals surface area contributed by atoms with Gasteiger partial charge in [-0.05, 0) is 23.3 Å². The quantitative estimate of drug-likeness (QED) is 0.626. The van der Waals surface area contributed by atoms with Crippen molar-refractivity contribution in [3.05, 3.63) is 59.7 Å². The summed E-state index contributed by atoms with van der Waals surface area (Å²) in [6.45, 7) is 0. The van der Waals surface area contributed by atoms with Crippen molar-refractivity contribution in [1.29, 1.82) is 0 Å². The zero-order valence-electron chi connectivity index (χ0n) is 10.2. The third-order valence-corrected chi connectivity index (χ3v) is 4.40.